The lowest BCUT2D eigenvalue weighted by molar-refractivity contribution is -0.176. The maximum absolute atomic E-state index is 12.8. The van der Waals surface area contributed by atoms with Crippen LogP contribution < -0.4 is 14.8 Å². The highest BCUT2D eigenvalue weighted by Crippen LogP contribution is 2.28. The molecule has 1 N–H and O–H groups in total. The second kappa shape index (κ2) is 10.1. The van der Waals surface area contributed by atoms with E-state index in [2.05, 4.69) is 10.4 Å². The molecule has 190 valence electrons. The van der Waals surface area contributed by atoms with E-state index in [-0.39, 0.29) is 37.0 Å². The molecular formula is C24H28F3N3O5. The van der Waals surface area contributed by atoms with Crippen LogP contribution >= 0.6 is 0 Å². The standard InChI is InChI=1S/C24H28F3N3O5/c25-24(26,27)14-32-11-15-4-5-21-16(8-15)9-17(12-34-21)28-23(31)20-10-22-30(29-20)7-6-19(35-22)13-33-18-2-1-3-18/h4-5,8,10,17-19H,1-3,6-7,9,11-14H2,(H,28,31)/t17-,19?/m1/s1. The zero-order chi connectivity index (χ0) is 24.4. The van der Waals surface area contributed by atoms with Gasteiger partial charge < -0.3 is 24.3 Å². The van der Waals surface area contributed by atoms with E-state index < -0.39 is 12.8 Å². The second-order valence-corrected chi connectivity index (χ2v) is 9.24. The number of carbonyl (C=O) groups excluding carboxylic acids is 1. The van der Waals surface area contributed by atoms with Gasteiger partial charge in [0.25, 0.3) is 5.91 Å². The number of nitrogens with zero attached hydrogens (tertiary/aromatic N) is 2. The number of ether oxygens (including phenoxy) is 4. The Bertz CT molecular complexity index is 1050. The van der Waals surface area contributed by atoms with Gasteiger partial charge in [0, 0.05) is 19.0 Å². The van der Waals surface area contributed by atoms with Crippen molar-refractivity contribution in [3.05, 3.63) is 41.1 Å². The van der Waals surface area contributed by atoms with E-state index in [9.17, 15) is 18.0 Å². The molecule has 5 rings (SSSR count). The first-order chi connectivity index (χ1) is 16.8. The van der Waals surface area contributed by atoms with Crippen molar-refractivity contribution in [2.75, 3.05) is 19.8 Å². The number of aromatic nitrogens is 2. The fourth-order valence-electron chi connectivity index (χ4n) is 4.33. The van der Waals surface area contributed by atoms with Gasteiger partial charge in [0.1, 0.15) is 25.1 Å². The van der Waals surface area contributed by atoms with Crippen LogP contribution in [0.1, 0.15) is 47.3 Å². The topological polar surface area (TPSA) is 83.8 Å². The van der Waals surface area contributed by atoms with Crippen LogP contribution in [0.15, 0.2) is 24.3 Å². The number of alkyl halides is 3. The maximum atomic E-state index is 12.8. The molecular weight excluding hydrogens is 467 g/mol. The SMILES string of the molecule is O=C(N[C@H]1COc2ccc(COCC(F)(F)F)cc2C1)c1cc2n(n1)CCC(COC1CCC1)O2. The summed E-state index contributed by atoms with van der Waals surface area (Å²) < 4.78 is 60.9. The lowest BCUT2D eigenvalue weighted by atomic mass is 9.96. The molecule has 11 heteroatoms. The first-order valence-corrected chi connectivity index (χ1v) is 11.9. The van der Waals surface area contributed by atoms with E-state index in [0.717, 1.165) is 24.8 Å². The summed E-state index contributed by atoms with van der Waals surface area (Å²) in [6.07, 6.45) is 0.621. The maximum Gasteiger partial charge on any atom is 0.411 e. The van der Waals surface area contributed by atoms with Crippen molar-refractivity contribution in [2.24, 2.45) is 0 Å². The highest BCUT2D eigenvalue weighted by Gasteiger charge is 2.29. The summed E-state index contributed by atoms with van der Waals surface area (Å²) in [5.74, 6) is 0.868. The van der Waals surface area contributed by atoms with Gasteiger partial charge in [-0.3, -0.25) is 4.79 Å². The molecule has 1 unspecified atom stereocenters. The molecule has 0 radical (unpaired) electrons. The highest BCUT2D eigenvalue weighted by molar-refractivity contribution is 5.92. The minimum atomic E-state index is -4.37. The van der Waals surface area contributed by atoms with E-state index in [1.165, 1.54) is 6.42 Å². The van der Waals surface area contributed by atoms with Crippen LogP contribution in [0, 0.1) is 0 Å². The average Bonchev–Trinajstić information content (AvgIpc) is 3.21. The van der Waals surface area contributed by atoms with E-state index in [0.29, 0.717) is 42.9 Å². The number of fused-ring (bicyclic) bond motifs is 2. The number of hydrogen-bond donors (Lipinski definition) is 1. The van der Waals surface area contributed by atoms with Gasteiger partial charge in [-0.2, -0.15) is 18.3 Å². The number of amides is 1. The van der Waals surface area contributed by atoms with Gasteiger partial charge in [-0.15, -0.1) is 0 Å². The summed E-state index contributed by atoms with van der Waals surface area (Å²) >= 11 is 0. The van der Waals surface area contributed by atoms with Crippen molar-refractivity contribution < 1.29 is 36.9 Å². The Morgan fingerprint density at radius 2 is 2.09 bits per heavy atom. The Balaban J connectivity index is 1.14. The van der Waals surface area contributed by atoms with Crippen LogP contribution in [0.5, 0.6) is 11.6 Å². The number of rotatable bonds is 8. The summed E-state index contributed by atoms with van der Waals surface area (Å²) in [6.45, 7) is 0.0236. The molecule has 1 amide bonds. The van der Waals surface area contributed by atoms with Crippen LogP contribution in [0.3, 0.4) is 0 Å². The van der Waals surface area contributed by atoms with Crippen LogP contribution in [0.2, 0.25) is 0 Å². The van der Waals surface area contributed by atoms with Crippen molar-refractivity contribution in [1.82, 2.24) is 15.1 Å². The van der Waals surface area contributed by atoms with Gasteiger partial charge in [0.15, 0.2) is 5.69 Å². The fourth-order valence-corrected chi connectivity index (χ4v) is 4.33. The molecule has 2 aromatic rings. The van der Waals surface area contributed by atoms with Gasteiger partial charge in [-0.05, 0) is 48.9 Å². The van der Waals surface area contributed by atoms with Crippen molar-refractivity contribution >= 4 is 5.91 Å². The van der Waals surface area contributed by atoms with Gasteiger partial charge in [-0.1, -0.05) is 6.07 Å². The lowest BCUT2D eigenvalue weighted by Gasteiger charge is -2.29. The molecule has 0 spiro atoms. The van der Waals surface area contributed by atoms with Crippen molar-refractivity contribution in [3.8, 4) is 11.6 Å². The molecule has 1 aromatic carbocycles. The molecule has 1 fully saturated rings. The van der Waals surface area contributed by atoms with Crippen LogP contribution in [-0.2, 0) is 29.0 Å². The van der Waals surface area contributed by atoms with Crippen LogP contribution in [0.4, 0.5) is 13.2 Å². The number of carbonyl (C=O) groups is 1. The molecule has 0 bridgehead atoms. The predicted octanol–water partition coefficient (Wildman–Crippen LogP) is 3.42. The Morgan fingerprint density at radius 3 is 2.86 bits per heavy atom. The van der Waals surface area contributed by atoms with E-state index in [4.69, 9.17) is 18.9 Å². The highest BCUT2D eigenvalue weighted by atomic mass is 19.4. The number of halogens is 3. The molecule has 35 heavy (non-hydrogen) atoms. The first-order valence-electron chi connectivity index (χ1n) is 11.9. The van der Waals surface area contributed by atoms with Crippen molar-refractivity contribution in [2.45, 2.75) is 69.7 Å². The summed E-state index contributed by atoms with van der Waals surface area (Å²) in [4.78, 5) is 12.8. The van der Waals surface area contributed by atoms with Gasteiger partial charge in [0.05, 0.1) is 25.4 Å². The second-order valence-electron chi connectivity index (χ2n) is 9.24. The molecule has 3 aliphatic rings. The third-order valence-electron chi connectivity index (χ3n) is 6.40. The molecule has 3 heterocycles. The largest absolute Gasteiger partial charge is 0.491 e. The molecule has 2 aliphatic heterocycles. The molecule has 2 atom stereocenters. The van der Waals surface area contributed by atoms with Crippen molar-refractivity contribution in [1.29, 1.82) is 0 Å². The predicted molar refractivity (Wildman–Crippen MR) is 117 cm³/mol. The smallest absolute Gasteiger partial charge is 0.411 e. The quantitative estimate of drug-likeness (QED) is 0.605. The average molecular weight is 495 g/mol. The molecule has 1 aromatic heterocycles. The third-order valence-corrected chi connectivity index (χ3v) is 6.40. The zero-order valence-corrected chi connectivity index (χ0v) is 19.2. The third kappa shape index (κ3) is 6.07. The fraction of sp³-hybridized carbons (Fsp3) is 0.583. The normalized spacial score (nSPS) is 21.8. The van der Waals surface area contributed by atoms with Crippen molar-refractivity contribution in [3.63, 3.8) is 0 Å². The van der Waals surface area contributed by atoms with E-state index in [1.54, 1.807) is 28.9 Å². The summed E-state index contributed by atoms with van der Waals surface area (Å²) in [7, 11) is 0. The summed E-state index contributed by atoms with van der Waals surface area (Å²) in [5.41, 5.74) is 1.68. The lowest BCUT2D eigenvalue weighted by Crippen LogP contribution is -2.43. The molecule has 0 saturated heterocycles. The van der Waals surface area contributed by atoms with Gasteiger partial charge in [-0.25, -0.2) is 4.68 Å². The number of benzene rings is 1. The minimum Gasteiger partial charge on any atom is -0.491 e. The Hall–Kier alpha value is -2.79. The first kappa shape index (κ1) is 23.9. The monoisotopic (exact) mass is 495 g/mol. The summed E-state index contributed by atoms with van der Waals surface area (Å²) in [6, 6.07) is 6.47. The Morgan fingerprint density at radius 1 is 1.23 bits per heavy atom. The number of aryl methyl sites for hydroxylation is 1. The van der Waals surface area contributed by atoms with Gasteiger partial charge >= 0.3 is 6.18 Å². The molecule has 1 saturated carbocycles. The molecule has 8 nitrogen and oxygen atoms in total. The van der Waals surface area contributed by atoms with Crippen LogP contribution in [0.25, 0.3) is 0 Å². The Kier molecular flexibility index (Phi) is 6.88. The summed E-state index contributed by atoms with van der Waals surface area (Å²) in [5, 5.41) is 7.31. The van der Waals surface area contributed by atoms with Crippen LogP contribution in [-0.4, -0.2) is 59.9 Å². The molecule has 1 aliphatic carbocycles. The van der Waals surface area contributed by atoms with E-state index >= 15 is 0 Å². The number of nitrogens with one attached hydrogen (secondary N) is 1. The Labute approximate surface area is 200 Å². The zero-order valence-electron chi connectivity index (χ0n) is 19.2. The van der Waals surface area contributed by atoms with Gasteiger partial charge in [0.2, 0.25) is 5.88 Å². The number of hydrogen-bond acceptors (Lipinski definition) is 6. The minimum absolute atomic E-state index is 0.0479. The van der Waals surface area contributed by atoms with E-state index in [1.807, 2.05) is 0 Å².